The van der Waals surface area contributed by atoms with E-state index in [9.17, 15) is 13.2 Å². The fraction of sp³-hybridized carbons (Fsp3) is 0.480. The first-order chi connectivity index (χ1) is 13.6. The molecule has 0 saturated heterocycles. The van der Waals surface area contributed by atoms with Crippen LogP contribution in [0.2, 0.25) is 0 Å². The monoisotopic (exact) mass is 431 g/mol. The molecule has 0 aliphatic rings. The minimum atomic E-state index is -3.59. The Morgan fingerprint density at radius 2 is 1.40 bits per heavy atom. The van der Waals surface area contributed by atoms with Gasteiger partial charge in [-0.1, -0.05) is 78.3 Å². The quantitative estimate of drug-likeness (QED) is 0.575. The molecule has 166 valence electrons. The number of hydrogen-bond donors (Lipinski definition) is 1. The molecule has 0 aliphatic carbocycles. The molecule has 2 rings (SSSR count). The van der Waals surface area contributed by atoms with Gasteiger partial charge in [0.25, 0.3) is 10.0 Å². The van der Waals surface area contributed by atoms with Crippen molar-refractivity contribution in [1.29, 1.82) is 0 Å². The van der Waals surface area contributed by atoms with Gasteiger partial charge >= 0.3 is 0 Å². The SMILES string of the molecule is CC(=O)C(C)(C)C.Cc1ccc(NS(=O)(=O)c2ccc(C(C)C)cc2C(C)C)cc1. The summed E-state index contributed by atoms with van der Waals surface area (Å²) in [5.74, 6) is 0.750. The van der Waals surface area contributed by atoms with Crippen LogP contribution in [0.25, 0.3) is 0 Å². The molecule has 0 radical (unpaired) electrons. The van der Waals surface area contributed by atoms with Crippen molar-refractivity contribution >= 4 is 21.5 Å². The second kappa shape index (κ2) is 10.3. The summed E-state index contributed by atoms with van der Waals surface area (Å²) in [6.07, 6.45) is 0. The van der Waals surface area contributed by atoms with Crippen LogP contribution in [0.1, 0.15) is 83.9 Å². The number of hydrogen-bond acceptors (Lipinski definition) is 3. The van der Waals surface area contributed by atoms with Gasteiger partial charge in [-0.05, 0) is 55.0 Å². The Morgan fingerprint density at radius 3 is 1.80 bits per heavy atom. The van der Waals surface area contributed by atoms with Crippen LogP contribution < -0.4 is 4.72 Å². The van der Waals surface area contributed by atoms with Crippen molar-refractivity contribution < 1.29 is 13.2 Å². The van der Waals surface area contributed by atoms with Gasteiger partial charge in [0.1, 0.15) is 5.78 Å². The maximum Gasteiger partial charge on any atom is 0.262 e. The maximum absolute atomic E-state index is 12.8. The molecular formula is C25H37NO3S. The third-order valence-corrected chi connectivity index (χ3v) is 6.43. The van der Waals surface area contributed by atoms with Crippen molar-refractivity contribution in [1.82, 2.24) is 0 Å². The Hall–Kier alpha value is -2.14. The zero-order valence-electron chi connectivity index (χ0n) is 19.8. The lowest BCUT2D eigenvalue weighted by Gasteiger charge is -2.17. The molecule has 4 nitrogen and oxygen atoms in total. The standard InChI is InChI=1S/C19H25NO2S.C6H12O/c1-13(2)16-8-11-19(18(12-16)14(3)4)23(21,22)20-17-9-6-15(5)7-10-17;1-5(7)6(2,3)4/h6-14,20H,1-5H3;1-4H3. The summed E-state index contributed by atoms with van der Waals surface area (Å²) in [6.45, 7) is 17.6. The number of anilines is 1. The Bertz CT molecular complexity index is 951. The largest absolute Gasteiger partial charge is 0.299 e. The highest BCUT2D eigenvalue weighted by molar-refractivity contribution is 7.92. The molecule has 5 heteroatoms. The first-order valence-corrected chi connectivity index (χ1v) is 11.9. The zero-order chi connectivity index (χ0) is 23.3. The minimum Gasteiger partial charge on any atom is -0.299 e. The predicted octanol–water partition coefficient (Wildman–Crippen LogP) is 6.66. The van der Waals surface area contributed by atoms with Crippen LogP contribution in [0.5, 0.6) is 0 Å². The van der Waals surface area contributed by atoms with Gasteiger partial charge in [-0.2, -0.15) is 0 Å². The number of rotatable bonds is 5. The van der Waals surface area contributed by atoms with Gasteiger partial charge in [-0.15, -0.1) is 0 Å². The number of carbonyl (C=O) groups excluding carboxylic acids is 1. The lowest BCUT2D eigenvalue weighted by Crippen LogP contribution is -2.16. The fourth-order valence-electron chi connectivity index (χ4n) is 2.45. The van der Waals surface area contributed by atoms with Gasteiger partial charge < -0.3 is 0 Å². The van der Waals surface area contributed by atoms with E-state index in [2.05, 4.69) is 18.6 Å². The van der Waals surface area contributed by atoms with E-state index in [1.54, 1.807) is 25.1 Å². The average molecular weight is 432 g/mol. The molecule has 0 aliphatic heterocycles. The summed E-state index contributed by atoms with van der Waals surface area (Å²) in [7, 11) is -3.59. The summed E-state index contributed by atoms with van der Waals surface area (Å²) < 4.78 is 28.2. The molecule has 2 aromatic rings. The molecule has 1 N–H and O–H groups in total. The van der Waals surface area contributed by atoms with E-state index in [4.69, 9.17) is 0 Å². The Morgan fingerprint density at radius 1 is 0.900 bits per heavy atom. The fourth-order valence-corrected chi connectivity index (χ4v) is 3.86. The van der Waals surface area contributed by atoms with Crippen molar-refractivity contribution in [2.45, 2.75) is 79.0 Å². The van der Waals surface area contributed by atoms with Crippen LogP contribution in [0.3, 0.4) is 0 Å². The number of sulfonamides is 1. The number of ketones is 1. The molecule has 30 heavy (non-hydrogen) atoms. The van der Waals surface area contributed by atoms with Crippen LogP contribution in [0.4, 0.5) is 5.69 Å². The van der Waals surface area contributed by atoms with E-state index in [1.807, 2.05) is 65.8 Å². The maximum atomic E-state index is 12.8. The van der Waals surface area contributed by atoms with Crippen LogP contribution in [0, 0.1) is 12.3 Å². The third kappa shape index (κ3) is 7.60. The Labute approximate surface area is 183 Å². The molecule has 0 saturated carbocycles. The molecule has 0 atom stereocenters. The minimum absolute atomic E-state index is 0.137. The van der Waals surface area contributed by atoms with E-state index in [1.165, 1.54) is 0 Å². The Kier molecular flexibility index (Phi) is 8.85. The van der Waals surface area contributed by atoms with E-state index in [0.717, 1.165) is 16.7 Å². The highest BCUT2D eigenvalue weighted by Gasteiger charge is 2.21. The van der Waals surface area contributed by atoms with Gasteiger partial charge in [-0.25, -0.2) is 8.42 Å². The van der Waals surface area contributed by atoms with Crippen LogP contribution >= 0.6 is 0 Å². The summed E-state index contributed by atoms with van der Waals surface area (Å²) in [6, 6.07) is 13.0. The van der Waals surface area contributed by atoms with Crippen molar-refractivity contribution in [3.8, 4) is 0 Å². The van der Waals surface area contributed by atoms with Crippen molar-refractivity contribution in [3.05, 3.63) is 59.2 Å². The average Bonchev–Trinajstić information content (AvgIpc) is 2.62. The van der Waals surface area contributed by atoms with Gasteiger partial charge in [0.15, 0.2) is 0 Å². The van der Waals surface area contributed by atoms with Crippen molar-refractivity contribution in [2.75, 3.05) is 4.72 Å². The normalized spacial score (nSPS) is 11.8. The first kappa shape index (κ1) is 25.9. The summed E-state index contributed by atoms with van der Waals surface area (Å²) >= 11 is 0. The van der Waals surface area contributed by atoms with Crippen LogP contribution in [-0.2, 0) is 14.8 Å². The molecule has 0 spiro atoms. The number of aryl methyl sites for hydroxylation is 1. The van der Waals surface area contributed by atoms with Gasteiger partial charge in [0.05, 0.1) is 4.90 Å². The number of carbonyl (C=O) groups is 1. The van der Waals surface area contributed by atoms with E-state index in [0.29, 0.717) is 16.5 Å². The molecule has 0 aromatic heterocycles. The van der Waals surface area contributed by atoms with E-state index >= 15 is 0 Å². The zero-order valence-corrected chi connectivity index (χ0v) is 20.6. The topological polar surface area (TPSA) is 63.2 Å². The van der Waals surface area contributed by atoms with Crippen molar-refractivity contribution in [3.63, 3.8) is 0 Å². The first-order valence-electron chi connectivity index (χ1n) is 10.4. The highest BCUT2D eigenvalue weighted by atomic mass is 32.2. The summed E-state index contributed by atoms with van der Waals surface area (Å²) in [5, 5.41) is 0. The summed E-state index contributed by atoms with van der Waals surface area (Å²) in [5.41, 5.74) is 3.55. The number of nitrogens with one attached hydrogen (secondary N) is 1. The van der Waals surface area contributed by atoms with Gasteiger partial charge in [0, 0.05) is 11.1 Å². The van der Waals surface area contributed by atoms with Crippen LogP contribution in [-0.4, -0.2) is 14.2 Å². The van der Waals surface area contributed by atoms with Gasteiger partial charge in [-0.3, -0.25) is 9.52 Å². The van der Waals surface area contributed by atoms with E-state index < -0.39 is 10.0 Å². The van der Waals surface area contributed by atoms with Gasteiger partial charge in [0.2, 0.25) is 0 Å². The molecule has 0 heterocycles. The molecule has 0 unspecified atom stereocenters. The third-order valence-electron chi connectivity index (χ3n) is 4.97. The van der Waals surface area contributed by atoms with Crippen LogP contribution in [0.15, 0.2) is 47.4 Å². The molecule has 0 amide bonds. The highest BCUT2D eigenvalue weighted by Crippen LogP contribution is 2.29. The molecule has 0 fully saturated rings. The lowest BCUT2D eigenvalue weighted by atomic mass is 9.92. The second-order valence-corrected chi connectivity index (χ2v) is 11.0. The number of benzene rings is 2. The smallest absolute Gasteiger partial charge is 0.262 e. The van der Waals surface area contributed by atoms with Crippen molar-refractivity contribution in [2.24, 2.45) is 5.41 Å². The predicted molar refractivity (Wildman–Crippen MR) is 127 cm³/mol. The molecule has 2 aromatic carbocycles. The second-order valence-electron chi connectivity index (χ2n) is 9.38. The van der Waals surface area contributed by atoms with E-state index in [-0.39, 0.29) is 17.1 Å². The Balaban J connectivity index is 0.000000553. The molecule has 0 bridgehead atoms. The molecular weight excluding hydrogens is 394 g/mol. The lowest BCUT2D eigenvalue weighted by molar-refractivity contribution is -0.124. The summed E-state index contributed by atoms with van der Waals surface area (Å²) in [4.78, 5) is 10.8. The number of Topliss-reactive ketones (excluding diaryl/α,β-unsaturated/α-hetero) is 1.